The van der Waals surface area contributed by atoms with E-state index >= 15 is 0 Å². The van der Waals surface area contributed by atoms with Gasteiger partial charge < -0.3 is 5.73 Å². The summed E-state index contributed by atoms with van der Waals surface area (Å²) in [5, 5.41) is 5.26. The van der Waals surface area contributed by atoms with Gasteiger partial charge in [0.1, 0.15) is 12.1 Å². The van der Waals surface area contributed by atoms with E-state index in [-0.39, 0.29) is 12.4 Å². The number of nitrogens with two attached hydrogens (primary N) is 1. The van der Waals surface area contributed by atoms with E-state index in [0.717, 1.165) is 18.4 Å². The summed E-state index contributed by atoms with van der Waals surface area (Å²) < 4.78 is 1.93. The number of hydrogen-bond acceptors (Lipinski definition) is 4. The standard InChI is InChI=1S/C14H23N5.ClH/c1-2-3-4-5-6-7-8-9-19-10-12-13(15)16-11-17-14(12)18-19;/h10-11H,2-9H2,1H3,(H2,15,16,17,18);1H. The Kier molecular flexibility index (Phi) is 7.30. The summed E-state index contributed by atoms with van der Waals surface area (Å²) in [7, 11) is 0. The molecule has 0 saturated carbocycles. The fraction of sp³-hybridized carbons (Fsp3) is 0.643. The summed E-state index contributed by atoms with van der Waals surface area (Å²) in [6.45, 7) is 3.18. The average Bonchev–Trinajstić information content (AvgIpc) is 2.82. The van der Waals surface area contributed by atoms with E-state index in [1.165, 1.54) is 44.9 Å². The Morgan fingerprint density at radius 2 is 1.75 bits per heavy atom. The van der Waals surface area contributed by atoms with E-state index in [4.69, 9.17) is 5.73 Å². The first-order valence-electron chi connectivity index (χ1n) is 7.25. The number of anilines is 1. The van der Waals surface area contributed by atoms with Gasteiger partial charge in [0.05, 0.1) is 5.39 Å². The van der Waals surface area contributed by atoms with Crippen molar-refractivity contribution in [2.75, 3.05) is 5.73 Å². The molecule has 0 atom stereocenters. The lowest BCUT2D eigenvalue weighted by Crippen LogP contribution is -1.98. The highest BCUT2D eigenvalue weighted by molar-refractivity contribution is 5.85. The first-order valence-corrected chi connectivity index (χ1v) is 7.25. The summed E-state index contributed by atoms with van der Waals surface area (Å²) in [4.78, 5) is 8.09. The van der Waals surface area contributed by atoms with Crippen molar-refractivity contribution >= 4 is 29.3 Å². The number of aryl methyl sites for hydroxylation is 1. The van der Waals surface area contributed by atoms with Crippen LogP contribution >= 0.6 is 12.4 Å². The SMILES string of the molecule is CCCCCCCCCn1cc2c(N)ncnc2n1.Cl. The van der Waals surface area contributed by atoms with E-state index in [9.17, 15) is 0 Å². The second-order valence-corrected chi connectivity index (χ2v) is 5.01. The van der Waals surface area contributed by atoms with Crippen LogP contribution in [0, 0.1) is 0 Å². The molecule has 0 aliphatic carbocycles. The van der Waals surface area contributed by atoms with Gasteiger partial charge in [-0.15, -0.1) is 12.4 Å². The van der Waals surface area contributed by atoms with Crippen molar-refractivity contribution in [3.63, 3.8) is 0 Å². The molecule has 0 unspecified atom stereocenters. The Morgan fingerprint density at radius 3 is 2.45 bits per heavy atom. The normalized spacial score (nSPS) is 10.7. The fourth-order valence-corrected chi connectivity index (χ4v) is 2.25. The molecule has 20 heavy (non-hydrogen) atoms. The summed E-state index contributed by atoms with van der Waals surface area (Å²) in [6, 6.07) is 0. The molecule has 2 aromatic rings. The fourth-order valence-electron chi connectivity index (χ4n) is 2.25. The smallest absolute Gasteiger partial charge is 0.186 e. The van der Waals surface area contributed by atoms with Crippen molar-refractivity contribution in [1.29, 1.82) is 0 Å². The third-order valence-corrected chi connectivity index (χ3v) is 3.39. The number of aromatic nitrogens is 4. The van der Waals surface area contributed by atoms with Crippen LogP contribution in [0.5, 0.6) is 0 Å². The number of hydrogen-bond donors (Lipinski definition) is 1. The van der Waals surface area contributed by atoms with Crippen LogP contribution in [-0.4, -0.2) is 19.7 Å². The van der Waals surface area contributed by atoms with Crippen LogP contribution in [0.2, 0.25) is 0 Å². The Balaban J connectivity index is 0.00000200. The summed E-state index contributed by atoms with van der Waals surface area (Å²) in [5.74, 6) is 0.510. The molecule has 2 rings (SSSR count). The Hall–Kier alpha value is -1.36. The topological polar surface area (TPSA) is 69.6 Å². The summed E-state index contributed by atoms with van der Waals surface area (Å²) in [5.41, 5.74) is 6.48. The first kappa shape index (κ1) is 16.7. The van der Waals surface area contributed by atoms with Crippen LogP contribution in [0.3, 0.4) is 0 Å². The van der Waals surface area contributed by atoms with Gasteiger partial charge in [-0.2, -0.15) is 5.10 Å². The molecule has 2 aromatic heterocycles. The van der Waals surface area contributed by atoms with Crippen LogP contribution < -0.4 is 5.73 Å². The van der Waals surface area contributed by atoms with Crippen LogP contribution in [0.15, 0.2) is 12.5 Å². The zero-order chi connectivity index (χ0) is 13.5. The van der Waals surface area contributed by atoms with E-state index in [0.29, 0.717) is 11.5 Å². The lowest BCUT2D eigenvalue weighted by Gasteiger charge is -2.01. The molecule has 2 N–H and O–H groups in total. The zero-order valence-corrected chi connectivity index (χ0v) is 12.9. The molecule has 2 heterocycles. The molecule has 0 aromatic carbocycles. The minimum Gasteiger partial charge on any atom is -0.383 e. The molecule has 0 radical (unpaired) electrons. The van der Waals surface area contributed by atoms with Crippen molar-refractivity contribution in [1.82, 2.24) is 19.7 Å². The van der Waals surface area contributed by atoms with Gasteiger partial charge in [0.2, 0.25) is 0 Å². The number of fused-ring (bicyclic) bond motifs is 1. The van der Waals surface area contributed by atoms with Crippen molar-refractivity contribution in [3.8, 4) is 0 Å². The maximum absolute atomic E-state index is 5.79. The molecule has 0 spiro atoms. The van der Waals surface area contributed by atoms with Crippen molar-refractivity contribution in [2.45, 2.75) is 58.4 Å². The van der Waals surface area contributed by atoms with Gasteiger partial charge >= 0.3 is 0 Å². The van der Waals surface area contributed by atoms with Crippen molar-refractivity contribution in [3.05, 3.63) is 12.5 Å². The van der Waals surface area contributed by atoms with Gasteiger partial charge in [-0.1, -0.05) is 45.4 Å². The Bertz CT molecular complexity index is 511. The van der Waals surface area contributed by atoms with Gasteiger partial charge in [0.15, 0.2) is 5.65 Å². The van der Waals surface area contributed by atoms with Gasteiger partial charge in [0, 0.05) is 12.7 Å². The third-order valence-electron chi connectivity index (χ3n) is 3.39. The maximum atomic E-state index is 5.79. The lowest BCUT2D eigenvalue weighted by atomic mass is 10.1. The highest BCUT2D eigenvalue weighted by atomic mass is 35.5. The molecular weight excluding hydrogens is 274 g/mol. The molecular formula is C14H24ClN5. The summed E-state index contributed by atoms with van der Waals surface area (Å²) in [6.07, 6.45) is 12.5. The molecule has 0 aliphatic rings. The van der Waals surface area contributed by atoms with Crippen molar-refractivity contribution < 1.29 is 0 Å². The minimum atomic E-state index is 0. The van der Waals surface area contributed by atoms with Gasteiger partial charge in [0.25, 0.3) is 0 Å². The third kappa shape index (κ3) is 4.63. The van der Waals surface area contributed by atoms with Gasteiger partial charge in [-0.05, 0) is 6.42 Å². The number of nitrogen functional groups attached to an aromatic ring is 1. The highest BCUT2D eigenvalue weighted by Gasteiger charge is 2.05. The monoisotopic (exact) mass is 297 g/mol. The highest BCUT2D eigenvalue weighted by Crippen LogP contribution is 2.15. The molecule has 0 aliphatic heterocycles. The Morgan fingerprint density at radius 1 is 1.05 bits per heavy atom. The Labute approximate surface area is 126 Å². The predicted molar refractivity (Wildman–Crippen MR) is 85.0 cm³/mol. The molecule has 0 fully saturated rings. The second kappa shape index (κ2) is 8.74. The average molecular weight is 298 g/mol. The lowest BCUT2D eigenvalue weighted by molar-refractivity contribution is 0.525. The quantitative estimate of drug-likeness (QED) is 0.756. The van der Waals surface area contributed by atoms with Crippen LogP contribution in [0.1, 0.15) is 51.9 Å². The molecule has 5 nitrogen and oxygen atoms in total. The van der Waals surface area contributed by atoms with E-state index < -0.39 is 0 Å². The van der Waals surface area contributed by atoms with E-state index in [1.807, 2.05) is 10.9 Å². The molecule has 0 bridgehead atoms. The maximum Gasteiger partial charge on any atom is 0.186 e. The first-order chi connectivity index (χ1) is 9.31. The minimum absolute atomic E-state index is 0. The predicted octanol–water partition coefficient (Wildman–Crippen LogP) is 3.58. The van der Waals surface area contributed by atoms with Gasteiger partial charge in [-0.25, -0.2) is 9.97 Å². The molecule has 6 heteroatoms. The molecule has 112 valence electrons. The largest absolute Gasteiger partial charge is 0.383 e. The van der Waals surface area contributed by atoms with Crippen LogP contribution in [0.4, 0.5) is 5.82 Å². The molecule has 0 saturated heterocycles. The number of unbranched alkanes of at least 4 members (excludes halogenated alkanes) is 6. The molecule has 0 amide bonds. The number of rotatable bonds is 8. The summed E-state index contributed by atoms with van der Waals surface area (Å²) >= 11 is 0. The number of halogens is 1. The zero-order valence-electron chi connectivity index (χ0n) is 12.1. The number of nitrogens with zero attached hydrogens (tertiary/aromatic N) is 4. The van der Waals surface area contributed by atoms with E-state index in [1.54, 1.807) is 0 Å². The van der Waals surface area contributed by atoms with E-state index in [2.05, 4.69) is 22.0 Å². The van der Waals surface area contributed by atoms with Crippen molar-refractivity contribution in [2.24, 2.45) is 0 Å². The van der Waals surface area contributed by atoms with Gasteiger partial charge in [-0.3, -0.25) is 4.68 Å². The second-order valence-electron chi connectivity index (χ2n) is 5.01. The van der Waals surface area contributed by atoms with Crippen LogP contribution in [-0.2, 0) is 6.54 Å². The van der Waals surface area contributed by atoms with Crippen LogP contribution in [0.25, 0.3) is 11.0 Å².